The van der Waals surface area contributed by atoms with Crippen LogP contribution < -0.4 is 16.2 Å². The van der Waals surface area contributed by atoms with Crippen molar-refractivity contribution in [1.29, 1.82) is 0 Å². The maximum Gasteiger partial charge on any atom is 0.257 e. The maximum absolute atomic E-state index is 12.2. The quantitative estimate of drug-likeness (QED) is 0.251. The number of rotatable bonds is 4. The number of thiophene rings is 1. The van der Waals surface area contributed by atoms with Gasteiger partial charge in [0.05, 0.1) is 5.39 Å². The molecule has 0 unspecified atom stereocenters. The predicted molar refractivity (Wildman–Crippen MR) is 119 cm³/mol. The van der Waals surface area contributed by atoms with Gasteiger partial charge in [-0.05, 0) is 61.9 Å². The van der Waals surface area contributed by atoms with Crippen molar-refractivity contribution < 1.29 is 4.79 Å². The van der Waals surface area contributed by atoms with E-state index in [4.69, 9.17) is 12.2 Å². The van der Waals surface area contributed by atoms with Gasteiger partial charge in [-0.25, -0.2) is 9.97 Å². The van der Waals surface area contributed by atoms with Gasteiger partial charge in [0.2, 0.25) is 0 Å². The molecule has 6 nitrogen and oxygen atoms in total. The van der Waals surface area contributed by atoms with Crippen molar-refractivity contribution in [2.45, 2.75) is 30.8 Å². The Kier molecular flexibility index (Phi) is 5.74. The minimum atomic E-state index is -0.259. The van der Waals surface area contributed by atoms with Gasteiger partial charge in [-0.3, -0.25) is 21.0 Å². The third-order valence-electron chi connectivity index (χ3n) is 4.53. The van der Waals surface area contributed by atoms with E-state index in [1.165, 1.54) is 35.0 Å². The van der Waals surface area contributed by atoms with Crippen molar-refractivity contribution in [3.63, 3.8) is 0 Å². The standard InChI is InChI=1S/C19H19N5OS3/c1-27-19-20-15(14-12-9-5-6-10-13(12)28-17(14)22-19)23-24-18(26)21-16(25)11-7-3-2-4-8-11/h2-4,7-8H,5-6,9-10H2,1H3,(H,20,22,23)(H2,21,24,25,26). The van der Waals surface area contributed by atoms with Crippen LogP contribution in [0.2, 0.25) is 0 Å². The molecule has 0 bridgehead atoms. The maximum atomic E-state index is 12.2. The minimum absolute atomic E-state index is 0.190. The normalized spacial score (nSPS) is 13.0. The molecule has 0 fully saturated rings. The molecular weight excluding hydrogens is 410 g/mol. The molecule has 1 aliphatic rings. The number of aromatic nitrogens is 2. The highest BCUT2D eigenvalue weighted by Gasteiger charge is 2.21. The Balaban J connectivity index is 1.53. The average molecular weight is 430 g/mol. The second-order valence-corrected chi connectivity index (χ2v) is 8.61. The van der Waals surface area contributed by atoms with Crippen LogP contribution in [0.25, 0.3) is 10.2 Å². The van der Waals surface area contributed by atoms with E-state index in [0.717, 1.165) is 23.1 Å². The molecule has 0 aliphatic heterocycles. The van der Waals surface area contributed by atoms with Crippen LogP contribution in [0.1, 0.15) is 33.6 Å². The molecule has 4 rings (SSSR count). The number of nitrogens with one attached hydrogen (secondary N) is 3. The number of fused-ring (bicyclic) bond motifs is 3. The molecule has 2 heterocycles. The van der Waals surface area contributed by atoms with Crippen LogP contribution in [0.5, 0.6) is 0 Å². The summed E-state index contributed by atoms with van der Waals surface area (Å²) in [6.07, 6.45) is 6.50. The van der Waals surface area contributed by atoms with Crippen molar-refractivity contribution in [3.05, 3.63) is 46.3 Å². The third kappa shape index (κ3) is 3.96. The first kappa shape index (κ1) is 19.1. The zero-order valence-electron chi connectivity index (χ0n) is 15.2. The van der Waals surface area contributed by atoms with Gasteiger partial charge in [0.15, 0.2) is 16.1 Å². The number of hydrazine groups is 1. The number of carbonyl (C=O) groups is 1. The highest BCUT2D eigenvalue weighted by molar-refractivity contribution is 7.98. The second-order valence-electron chi connectivity index (χ2n) is 6.35. The number of hydrogen-bond donors (Lipinski definition) is 3. The lowest BCUT2D eigenvalue weighted by Crippen LogP contribution is -2.42. The van der Waals surface area contributed by atoms with E-state index in [9.17, 15) is 4.79 Å². The van der Waals surface area contributed by atoms with Crippen LogP contribution in [0.3, 0.4) is 0 Å². The lowest BCUT2D eigenvalue weighted by Gasteiger charge is -2.15. The molecule has 3 N–H and O–H groups in total. The van der Waals surface area contributed by atoms with Crippen LogP contribution in [0.15, 0.2) is 35.5 Å². The SMILES string of the molecule is CSc1nc(NNC(=S)NC(=O)c2ccccc2)c2c3c(sc2n1)CCCC3. The summed E-state index contributed by atoms with van der Waals surface area (Å²) in [5.41, 5.74) is 7.87. The summed E-state index contributed by atoms with van der Waals surface area (Å²) in [4.78, 5) is 23.9. The van der Waals surface area contributed by atoms with Gasteiger partial charge in [0.1, 0.15) is 4.83 Å². The number of aryl methyl sites for hydroxylation is 2. The van der Waals surface area contributed by atoms with E-state index in [0.29, 0.717) is 16.5 Å². The molecule has 28 heavy (non-hydrogen) atoms. The summed E-state index contributed by atoms with van der Waals surface area (Å²) >= 11 is 8.51. The molecule has 1 amide bonds. The van der Waals surface area contributed by atoms with Gasteiger partial charge in [0, 0.05) is 10.4 Å². The van der Waals surface area contributed by atoms with Crippen LogP contribution >= 0.6 is 35.3 Å². The van der Waals surface area contributed by atoms with Gasteiger partial charge in [-0.1, -0.05) is 30.0 Å². The van der Waals surface area contributed by atoms with Crippen LogP contribution in [-0.2, 0) is 12.8 Å². The zero-order chi connectivity index (χ0) is 19.5. The van der Waals surface area contributed by atoms with Crippen molar-refractivity contribution in [1.82, 2.24) is 20.7 Å². The summed E-state index contributed by atoms with van der Waals surface area (Å²) in [6, 6.07) is 8.96. The Labute approximate surface area is 176 Å². The Morgan fingerprint density at radius 2 is 1.96 bits per heavy atom. The van der Waals surface area contributed by atoms with Crippen molar-refractivity contribution in [3.8, 4) is 0 Å². The lowest BCUT2D eigenvalue weighted by molar-refractivity contribution is 0.0977. The molecule has 0 spiro atoms. The summed E-state index contributed by atoms with van der Waals surface area (Å²) in [5, 5.41) is 4.62. The van der Waals surface area contributed by atoms with Crippen molar-refractivity contribution >= 4 is 62.4 Å². The van der Waals surface area contributed by atoms with E-state index in [2.05, 4.69) is 26.1 Å². The molecule has 2 aromatic heterocycles. The van der Waals surface area contributed by atoms with E-state index < -0.39 is 0 Å². The lowest BCUT2D eigenvalue weighted by atomic mass is 9.97. The van der Waals surface area contributed by atoms with E-state index in [1.54, 1.807) is 23.5 Å². The van der Waals surface area contributed by atoms with Gasteiger partial charge in [-0.2, -0.15) is 0 Å². The zero-order valence-corrected chi connectivity index (χ0v) is 17.7. The first-order valence-electron chi connectivity index (χ1n) is 8.94. The molecule has 9 heteroatoms. The van der Waals surface area contributed by atoms with E-state index in [1.807, 2.05) is 24.5 Å². The first-order chi connectivity index (χ1) is 13.7. The van der Waals surface area contributed by atoms with E-state index in [-0.39, 0.29) is 11.0 Å². The summed E-state index contributed by atoms with van der Waals surface area (Å²) in [7, 11) is 0. The Bertz CT molecular complexity index is 1030. The minimum Gasteiger partial charge on any atom is -0.298 e. The van der Waals surface area contributed by atoms with Crippen LogP contribution in [-0.4, -0.2) is 27.2 Å². The van der Waals surface area contributed by atoms with Gasteiger partial charge < -0.3 is 0 Å². The Morgan fingerprint density at radius 1 is 1.18 bits per heavy atom. The molecule has 0 saturated carbocycles. The fraction of sp³-hybridized carbons (Fsp3) is 0.263. The number of carbonyl (C=O) groups excluding carboxylic acids is 1. The van der Waals surface area contributed by atoms with Crippen LogP contribution in [0.4, 0.5) is 5.82 Å². The molecule has 1 aromatic carbocycles. The largest absolute Gasteiger partial charge is 0.298 e. The molecule has 3 aromatic rings. The number of anilines is 1. The second kappa shape index (κ2) is 8.42. The van der Waals surface area contributed by atoms with Crippen LogP contribution in [0, 0.1) is 0 Å². The van der Waals surface area contributed by atoms with Crippen molar-refractivity contribution in [2.24, 2.45) is 0 Å². The molecular formula is C19H19N5OS3. The summed E-state index contributed by atoms with van der Waals surface area (Å²) < 4.78 is 0. The number of hydrogen-bond acceptors (Lipinski definition) is 7. The molecule has 0 saturated heterocycles. The van der Waals surface area contributed by atoms with Gasteiger partial charge >= 0.3 is 0 Å². The highest BCUT2D eigenvalue weighted by Crippen LogP contribution is 2.39. The fourth-order valence-electron chi connectivity index (χ4n) is 3.23. The smallest absolute Gasteiger partial charge is 0.257 e. The number of thioether (sulfide) groups is 1. The van der Waals surface area contributed by atoms with Crippen molar-refractivity contribution in [2.75, 3.05) is 11.7 Å². The number of amides is 1. The number of benzene rings is 1. The third-order valence-corrected chi connectivity index (χ3v) is 6.47. The Morgan fingerprint density at radius 3 is 2.75 bits per heavy atom. The number of nitrogens with zero attached hydrogens (tertiary/aromatic N) is 2. The van der Waals surface area contributed by atoms with E-state index >= 15 is 0 Å². The molecule has 0 atom stereocenters. The topological polar surface area (TPSA) is 78.9 Å². The first-order valence-corrected chi connectivity index (χ1v) is 11.4. The summed E-state index contributed by atoms with van der Waals surface area (Å²) in [5.74, 6) is 0.440. The molecule has 1 aliphatic carbocycles. The predicted octanol–water partition coefficient (Wildman–Crippen LogP) is 3.92. The summed E-state index contributed by atoms with van der Waals surface area (Å²) in [6.45, 7) is 0. The highest BCUT2D eigenvalue weighted by atomic mass is 32.2. The Hall–Kier alpha value is -2.23. The monoisotopic (exact) mass is 429 g/mol. The van der Waals surface area contributed by atoms with Gasteiger partial charge in [-0.15, -0.1) is 11.3 Å². The molecule has 144 valence electrons. The fourth-order valence-corrected chi connectivity index (χ4v) is 5.06. The molecule has 0 radical (unpaired) electrons. The number of thiocarbonyl (C=S) groups is 1. The van der Waals surface area contributed by atoms with Gasteiger partial charge in [0.25, 0.3) is 5.91 Å². The average Bonchev–Trinajstić information content (AvgIpc) is 3.11.